The molecule has 2 aromatic rings. The van der Waals surface area contributed by atoms with Gasteiger partial charge in [0.15, 0.2) is 0 Å². The van der Waals surface area contributed by atoms with E-state index in [1.54, 1.807) is 22.7 Å². The molecule has 5 nitrogen and oxygen atoms in total. The second kappa shape index (κ2) is 8.76. The Hall–Kier alpha value is -1.70. The topological polar surface area (TPSA) is 49.9 Å². The van der Waals surface area contributed by atoms with Gasteiger partial charge in [-0.2, -0.15) is 0 Å². The van der Waals surface area contributed by atoms with Gasteiger partial charge in [0.25, 0.3) is 0 Å². The highest BCUT2D eigenvalue weighted by atomic mass is 32.1. The number of fused-ring (bicyclic) bond motifs is 1. The Kier molecular flexibility index (Phi) is 6.13. The van der Waals surface area contributed by atoms with Crippen LogP contribution in [0, 0.1) is 5.92 Å². The molecule has 0 aromatic carbocycles. The first-order valence-electron chi connectivity index (χ1n) is 9.95. The summed E-state index contributed by atoms with van der Waals surface area (Å²) in [6.07, 6.45) is 2.70. The molecule has 0 saturated carbocycles. The van der Waals surface area contributed by atoms with E-state index in [1.165, 1.54) is 15.3 Å². The fraction of sp³-hybridized carbons (Fsp3) is 0.524. The maximum Gasteiger partial charge on any atom is 0.310 e. The van der Waals surface area contributed by atoms with Crippen LogP contribution < -0.4 is 0 Å². The number of hydrogen-bond acceptors (Lipinski definition) is 6. The van der Waals surface area contributed by atoms with E-state index < -0.39 is 0 Å². The predicted octanol–water partition coefficient (Wildman–Crippen LogP) is 3.56. The van der Waals surface area contributed by atoms with Crippen molar-refractivity contribution in [2.75, 3.05) is 32.8 Å². The largest absolute Gasteiger partial charge is 0.466 e. The van der Waals surface area contributed by atoms with Crippen LogP contribution in [0.4, 0.5) is 0 Å². The average Bonchev–Trinajstić information content (AvgIpc) is 3.39. The van der Waals surface area contributed by atoms with Crippen LogP contribution in [-0.4, -0.2) is 54.5 Å². The van der Waals surface area contributed by atoms with Gasteiger partial charge in [0.1, 0.15) is 0 Å². The molecule has 1 amide bonds. The maximum absolute atomic E-state index is 13.3. The number of carbonyl (C=O) groups is 2. The molecule has 1 fully saturated rings. The maximum atomic E-state index is 13.3. The minimum Gasteiger partial charge on any atom is -0.466 e. The number of hydrogen-bond donors (Lipinski definition) is 0. The Bertz CT molecular complexity index is 817. The van der Waals surface area contributed by atoms with Crippen LogP contribution in [0.5, 0.6) is 0 Å². The number of carbonyl (C=O) groups excluding carboxylic acids is 2. The van der Waals surface area contributed by atoms with Gasteiger partial charge in [-0.15, -0.1) is 22.7 Å². The predicted molar refractivity (Wildman–Crippen MR) is 112 cm³/mol. The first-order chi connectivity index (χ1) is 13.7. The Balaban J connectivity index is 1.47. The van der Waals surface area contributed by atoms with Crippen LogP contribution in [0.3, 0.4) is 0 Å². The standard InChI is InChI=1S/C21H26N2O3S2/c1-2-26-21(25)15-5-3-9-22(13-15)14-19(24)23-10-7-17-16(8-12-28-17)20(23)18-6-4-11-27-18/h4,6,8,11-12,15,20H,2-3,5,7,9-10,13-14H2,1H3. The van der Waals surface area contributed by atoms with Crippen molar-refractivity contribution in [3.05, 3.63) is 44.3 Å². The third-order valence-electron chi connectivity index (χ3n) is 5.58. The quantitative estimate of drug-likeness (QED) is 0.697. The number of ether oxygens (including phenoxy) is 1. The molecular weight excluding hydrogens is 392 g/mol. The second-order valence-corrected chi connectivity index (χ2v) is 9.36. The molecule has 2 atom stereocenters. The van der Waals surface area contributed by atoms with Crippen molar-refractivity contribution < 1.29 is 14.3 Å². The molecule has 0 N–H and O–H groups in total. The lowest BCUT2D eigenvalue weighted by atomic mass is 9.97. The number of piperidine rings is 1. The summed E-state index contributed by atoms with van der Waals surface area (Å²) in [5.74, 6) is -0.0869. The van der Waals surface area contributed by atoms with Gasteiger partial charge in [0.05, 0.1) is 25.1 Å². The number of likely N-dealkylation sites (tertiary alicyclic amines) is 1. The molecule has 0 spiro atoms. The van der Waals surface area contributed by atoms with Crippen molar-refractivity contribution in [1.82, 2.24) is 9.80 Å². The van der Waals surface area contributed by atoms with Gasteiger partial charge < -0.3 is 9.64 Å². The molecule has 150 valence electrons. The number of nitrogens with zero attached hydrogens (tertiary/aromatic N) is 2. The molecule has 7 heteroatoms. The smallest absolute Gasteiger partial charge is 0.310 e. The fourth-order valence-electron chi connectivity index (χ4n) is 4.27. The zero-order chi connectivity index (χ0) is 19.5. The zero-order valence-corrected chi connectivity index (χ0v) is 17.8. The molecule has 4 heterocycles. The molecular formula is C21H26N2O3S2. The lowest BCUT2D eigenvalue weighted by Crippen LogP contribution is -2.48. The van der Waals surface area contributed by atoms with Gasteiger partial charge in [-0.1, -0.05) is 6.07 Å². The Morgan fingerprint density at radius 2 is 2.11 bits per heavy atom. The number of amides is 1. The highest BCUT2D eigenvalue weighted by molar-refractivity contribution is 7.10. The molecule has 2 aromatic heterocycles. The molecule has 4 rings (SSSR count). The normalized spacial score (nSPS) is 22.7. The minimum absolute atomic E-state index is 0.0214. The SMILES string of the molecule is CCOC(=O)C1CCCN(CC(=O)N2CCc3sccc3C2c2cccs2)C1. The van der Waals surface area contributed by atoms with E-state index in [4.69, 9.17) is 4.74 Å². The number of esters is 1. The van der Waals surface area contributed by atoms with Crippen LogP contribution in [0.2, 0.25) is 0 Å². The van der Waals surface area contributed by atoms with Crippen molar-refractivity contribution in [2.45, 2.75) is 32.2 Å². The minimum atomic E-state index is -0.128. The number of rotatable bonds is 5. The van der Waals surface area contributed by atoms with E-state index in [9.17, 15) is 9.59 Å². The van der Waals surface area contributed by atoms with Gasteiger partial charge in [0, 0.05) is 22.8 Å². The summed E-state index contributed by atoms with van der Waals surface area (Å²) in [4.78, 5) is 32.2. The van der Waals surface area contributed by atoms with Crippen LogP contribution in [0.25, 0.3) is 0 Å². The molecule has 2 unspecified atom stereocenters. The summed E-state index contributed by atoms with van der Waals surface area (Å²) in [5.41, 5.74) is 1.27. The van der Waals surface area contributed by atoms with Crippen molar-refractivity contribution in [3.63, 3.8) is 0 Å². The molecule has 2 aliphatic rings. The summed E-state index contributed by atoms with van der Waals surface area (Å²) in [6.45, 7) is 4.85. The van der Waals surface area contributed by atoms with Crippen molar-refractivity contribution in [1.29, 1.82) is 0 Å². The Morgan fingerprint density at radius 1 is 1.21 bits per heavy atom. The van der Waals surface area contributed by atoms with E-state index >= 15 is 0 Å². The molecule has 2 aliphatic heterocycles. The van der Waals surface area contributed by atoms with Crippen LogP contribution in [0.15, 0.2) is 29.0 Å². The molecule has 1 saturated heterocycles. The van der Waals surface area contributed by atoms with Crippen molar-refractivity contribution >= 4 is 34.6 Å². The van der Waals surface area contributed by atoms with E-state index in [1.807, 2.05) is 11.8 Å². The molecule has 0 radical (unpaired) electrons. The van der Waals surface area contributed by atoms with Crippen molar-refractivity contribution in [2.24, 2.45) is 5.92 Å². The van der Waals surface area contributed by atoms with Crippen LogP contribution in [0.1, 0.15) is 41.1 Å². The van der Waals surface area contributed by atoms with E-state index in [0.717, 1.165) is 32.4 Å². The van der Waals surface area contributed by atoms with Gasteiger partial charge in [-0.05, 0) is 61.2 Å². The van der Waals surface area contributed by atoms with E-state index in [2.05, 4.69) is 33.9 Å². The average molecular weight is 419 g/mol. The van der Waals surface area contributed by atoms with Gasteiger partial charge in [-0.25, -0.2) is 0 Å². The second-order valence-electron chi connectivity index (χ2n) is 7.38. The molecule has 28 heavy (non-hydrogen) atoms. The summed E-state index contributed by atoms with van der Waals surface area (Å²) < 4.78 is 5.19. The molecule has 0 aliphatic carbocycles. The highest BCUT2D eigenvalue weighted by Crippen LogP contribution is 2.39. The van der Waals surface area contributed by atoms with Crippen molar-refractivity contribution in [3.8, 4) is 0 Å². The third-order valence-corrected chi connectivity index (χ3v) is 7.50. The third kappa shape index (κ3) is 4.02. The van der Waals surface area contributed by atoms with Crippen LogP contribution in [-0.2, 0) is 20.7 Å². The summed E-state index contributed by atoms with van der Waals surface area (Å²) in [7, 11) is 0. The first kappa shape index (κ1) is 19.6. The zero-order valence-electron chi connectivity index (χ0n) is 16.1. The van der Waals surface area contributed by atoms with E-state index in [0.29, 0.717) is 19.7 Å². The summed E-state index contributed by atoms with van der Waals surface area (Å²) in [5, 5.41) is 4.21. The van der Waals surface area contributed by atoms with Gasteiger partial charge >= 0.3 is 5.97 Å². The molecule has 0 bridgehead atoms. The van der Waals surface area contributed by atoms with E-state index in [-0.39, 0.29) is 23.8 Å². The Labute approximate surface area is 173 Å². The lowest BCUT2D eigenvalue weighted by Gasteiger charge is -2.38. The highest BCUT2D eigenvalue weighted by Gasteiger charge is 2.35. The first-order valence-corrected chi connectivity index (χ1v) is 11.7. The monoisotopic (exact) mass is 418 g/mol. The van der Waals surface area contributed by atoms with Gasteiger partial charge in [0.2, 0.25) is 5.91 Å². The lowest BCUT2D eigenvalue weighted by molar-refractivity contribution is -0.150. The Morgan fingerprint density at radius 3 is 2.89 bits per heavy atom. The summed E-state index contributed by atoms with van der Waals surface area (Å²) in [6, 6.07) is 6.37. The fourth-order valence-corrected chi connectivity index (χ4v) is 6.03. The van der Waals surface area contributed by atoms with Gasteiger partial charge in [-0.3, -0.25) is 14.5 Å². The number of thiophene rings is 2. The summed E-state index contributed by atoms with van der Waals surface area (Å²) >= 11 is 3.50. The van der Waals surface area contributed by atoms with Crippen LogP contribution >= 0.6 is 22.7 Å².